The molecular formula is C22H35N2O6S3+. The van der Waals surface area contributed by atoms with E-state index in [1.54, 1.807) is 28.5 Å². The first-order chi connectivity index (χ1) is 15.8. The van der Waals surface area contributed by atoms with E-state index in [-0.39, 0.29) is 25.0 Å². The monoisotopic (exact) mass is 519 g/mol. The third-order valence-corrected chi connectivity index (χ3v) is 7.58. The smallest absolute Gasteiger partial charge is 0.435 e. The van der Waals surface area contributed by atoms with Crippen LogP contribution in [0.25, 0.3) is 0 Å². The lowest BCUT2D eigenvalue weighted by molar-refractivity contribution is -0.412. The standard InChI is InChI=1S/C22H34N2O6S3/c1-4-28-22(27)30-16(2)29-20(25)13-24-21(26)18(12-17-8-6-5-7-9-17)14-32-33-15-19(23)10-11-31-3/h5-9,16,18-19H,4,10-15,23H2,1-3H3,(H,24,26)/p+1/t16?,18-,19+/m1/s1. The Balaban J connectivity index is 2.52. The maximum atomic E-state index is 12.8. The van der Waals surface area contributed by atoms with Crippen LogP contribution in [0.5, 0.6) is 0 Å². The van der Waals surface area contributed by atoms with Crippen molar-refractivity contribution in [3.8, 4) is 0 Å². The van der Waals surface area contributed by atoms with Crippen molar-refractivity contribution < 1.29 is 34.3 Å². The average Bonchev–Trinajstić information content (AvgIpc) is 2.78. The Morgan fingerprint density at radius 1 is 1.09 bits per heavy atom. The summed E-state index contributed by atoms with van der Waals surface area (Å²) in [6.07, 6.45) is 1.70. The third kappa shape index (κ3) is 14.3. The molecule has 8 nitrogen and oxygen atoms in total. The van der Waals surface area contributed by atoms with Crippen molar-refractivity contribution in [1.29, 1.82) is 0 Å². The van der Waals surface area contributed by atoms with E-state index in [1.807, 2.05) is 42.1 Å². The van der Waals surface area contributed by atoms with E-state index in [9.17, 15) is 14.4 Å². The number of rotatable bonds is 16. The molecule has 33 heavy (non-hydrogen) atoms. The van der Waals surface area contributed by atoms with Gasteiger partial charge in [0.2, 0.25) is 12.2 Å². The largest absolute Gasteiger partial charge is 0.511 e. The molecular weight excluding hydrogens is 484 g/mol. The Hall–Kier alpha value is -1.56. The molecule has 1 rings (SSSR count). The molecule has 1 amide bonds. The van der Waals surface area contributed by atoms with Gasteiger partial charge in [-0.3, -0.25) is 9.59 Å². The number of carbonyl (C=O) groups excluding carboxylic acids is 3. The minimum Gasteiger partial charge on any atom is -0.435 e. The number of ether oxygens (including phenoxy) is 3. The van der Waals surface area contributed by atoms with E-state index in [2.05, 4.69) is 22.0 Å². The molecule has 0 saturated heterocycles. The van der Waals surface area contributed by atoms with Crippen LogP contribution in [0.1, 0.15) is 25.8 Å². The summed E-state index contributed by atoms with van der Waals surface area (Å²) in [7, 11) is 3.37. The number of carbonyl (C=O) groups is 3. The lowest BCUT2D eigenvalue weighted by Gasteiger charge is -2.17. The second-order valence-corrected chi connectivity index (χ2v) is 10.7. The Bertz CT molecular complexity index is 711. The summed E-state index contributed by atoms with van der Waals surface area (Å²) in [6.45, 7) is 2.88. The number of hydrogen-bond acceptors (Lipinski definition) is 9. The lowest BCUT2D eigenvalue weighted by Crippen LogP contribution is -2.62. The molecule has 186 valence electrons. The third-order valence-electron chi connectivity index (χ3n) is 4.31. The van der Waals surface area contributed by atoms with Gasteiger partial charge >= 0.3 is 12.1 Å². The number of benzene rings is 1. The SMILES string of the molecule is CCOC(=O)OC(C)OC(=O)CNC(=O)[C@@H](CSSC[C@@H]([NH3+])CCSC)Cc1ccccc1. The van der Waals surface area contributed by atoms with Crippen LogP contribution in [0.3, 0.4) is 0 Å². The minimum atomic E-state index is -1.11. The fraction of sp³-hybridized carbons (Fsp3) is 0.591. The highest BCUT2D eigenvalue weighted by Gasteiger charge is 2.22. The van der Waals surface area contributed by atoms with Crippen LogP contribution in [-0.2, 0) is 30.2 Å². The fourth-order valence-corrected chi connectivity index (χ4v) is 5.81. The molecule has 4 N–H and O–H groups in total. The summed E-state index contributed by atoms with van der Waals surface area (Å²) in [5.41, 5.74) is 5.23. The van der Waals surface area contributed by atoms with E-state index in [4.69, 9.17) is 9.47 Å². The van der Waals surface area contributed by atoms with Crippen molar-refractivity contribution in [2.24, 2.45) is 5.92 Å². The summed E-state index contributed by atoms with van der Waals surface area (Å²) in [5.74, 6) is 1.40. The van der Waals surface area contributed by atoms with Crippen LogP contribution in [0.4, 0.5) is 4.79 Å². The maximum Gasteiger partial charge on any atom is 0.511 e. The van der Waals surface area contributed by atoms with E-state index >= 15 is 0 Å². The second-order valence-electron chi connectivity index (χ2n) is 7.18. The van der Waals surface area contributed by atoms with Crippen LogP contribution in [-0.4, -0.2) is 67.0 Å². The van der Waals surface area contributed by atoms with Gasteiger partial charge in [-0.15, -0.1) is 0 Å². The first-order valence-corrected chi connectivity index (χ1v) is 14.6. The van der Waals surface area contributed by atoms with Crippen LogP contribution >= 0.6 is 33.3 Å². The zero-order valence-corrected chi connectivity index (χ0v) is 21.9. The van der Waals surface area contributed by atoms with Crippen LogP contribution < -0.4 is 11.1 Å². The van der Waals surface area contributed by atoms with Crippen LogP contribution in [0.15, 0.2) is 30.3 Å². The molecule has 3 atom stereocenters. The zero-order chi connectivity index (χ0) is 24.5. The van der Waals surface area contributed by atoms with Crippen molar-refractivity contribution in [1.82, 2.24) is 5.32 Å². The molecule has 0 aromatic heterocycles. The molecule has 11 heteroatoms. The zero-order valence-electron chi connectivity index (χ0n) is 19.4. The average molecular weight is 520 g/mol. The van der Waals surface area contributed by atoms with Crippen molar-refractivity contribution in [2.75, 3.05) is 36.7 Å². The normalized spacial score (nSPS) is 13.5. The summed E-state index contributed by atoms with van der Waals surface area (Å²) in [4.78, 5) is 36.1. The van der Waals surface area contributed by atoms with Gasteiger partial charge in [-0.2, -0.15) is 11.8 Å². The van der Waals surface area contributed by atoms with E-state index in [0.717, 1.165) is 23.5 Å². The topological polar surface area (TPSA) is 119 Å². The first kappa shape index (κ1) is 29.5. The predicted molar refractivity (Wildman–Crippen MR) is 135 cm³/mol. The Morgan fingerprint density at radius 2 is 1.79 bits per heavy atom. The first-order valence-electron chi connectivity index (χ1n) is 10.8. The summed E-state index contributed by atoms with van der Waals surface area (Å²) >= 11 is 1.82. The van der Waals surface area contributed by atoms with Gasteiger partial charge < -0.3 is 25.3 Å². The summed E-state index contributed by atoms with van der Waals surface area (Å²) in [6, 6.07) is 10.2. The molecule has 1 unspecified atom stereocenters. The van der Waals surface area contributed by atoms with Crippen molar-refractivity contribution in [2.45, 2.75) is 39.0 Å². The van der Waals surface area contributed by atoms with Crippen molar-refractivity contribution in [3.63, 3.8) is 0 Å². The number of amides is 1. The summed E-state index contributed by atoms with van der Waals surface area (Å²) < 4.78 is 14.4. The molecule has 0 aliphatic heterocycles. The number of hydrogen-bond donors (Lipinski definition) is 2. The highest BCUT2D eigenvalue weighted by Crippen LogP contribution is 2.26. The molecule has 1 aromatic carbocycles. The van der Waals surface area contributed by atoms with Gasteiger partial charge in [-0.1, -0.05) is 51.9 Å². The Labute approximate surface area is 208 Å². The van der Waals surface area contributed by atoms with Crippen LogP contribution in [0, 0.1) is 5.92 Å². The molecule has 0 bridgehead atoms. The van der Waals surface area contributed by atoms with Crippen LogP contribution in [0.2, 0.25) is 0 Å². The van der Waals surface area contributed by atoms with E-state index < -0.39 is 18.4 Å². The highest BCUT2D eigenvalue weighted by molar-refractivity contribution is 8.76. The second kappa shape index (κ2) is 17.9. The van der Waals surface area contributed by atoms with Gasteiger partial charge in [-0.25, -0.2) is 4.79 Å². The molecule has 0 spiro atoms. The number of esters is 1. The lowest BCUT2D eigenvalue weighted by atomic mass is 10.0. The van der Waals surface area contributed by atoms with Gasteiger partial charge in [-0.05, 0) is 30.9 Å². The highest BCUT2D eigenvalue weighted by atomic mass is 33.1. The molecule has 0 radical (unpaired) electrons. The van der Waals surface area contributed by atoms with Gasteiger partial charge in [0.05, 0.1) is 24.3 Å². The number of quaternary nitrogens is 1. The summed E-state index contributed by atoms with van der Waals surface area (Å²) in [5, 5.41) is 2.64. The predicted octanol–water partition coefficient (Wildman–Crippen LogP) is 2.77. The molecule has 0 heterocycles. The van der Waals surface area contributed by atoms with Crippen molar-refractivity contribution in [3.05, 3.63) is 35.9 Å². The van der Waals surface area contributed by atoms with E-state index in [0.29, 0.717) is 18.2 Å². The molecule has 1 aromatic rings. The molecule has 0 saturated carbocycles. The van der Waals surface area contributed by atoms with Gasteiger partial charge in [0, 0.05) is 19.1 Å². The number of nitrogens with one attached hydrogen (secondary N) is 1. The maximum absolute atomic E-state index is 12.8. The van der Waals surface area contributed by atoms with E-state index in [1.165, 1.54) is 6.92 Å². The molecule has 0 aliphatic rings. The quantitative estimate of drug-likeness (QED) is 0.147. The van der Waals surface area contributed by atoms with Gasteiger partial charge in [0.25, 0.3) is 0 Å². The van der Waals surface area contributed by atoms with Crippen molar-refractivity contribution >= 4 is 51.4 Å². The Morgan fingerprint density at radius 3 is 2.45 bits per heavy atom. The van der Waals surface area contributed by atoms with Gasteiger partial charge in [0.15, 0.2) is 0 Å². The minimum absolute atomic E-state index is 0.155. The Kier molecular flexibility index (Phi) is 15.9. The number of thioether (sulfide) groups is 1. The fourth-order valence-electron chi connectivity index (χ4n) is 2.61. The molecule has 0 aliphatic carbocycles. The van der Waals surface area contributed by atoms with Gasteiger partial charge in [0.1, 0.15) is 6.54 Å². The molecule has 0 fully saturated rings.